The number of rotatable bonds is 3. The Morgan fingerprint density at radius 2 is 2.05 bits per heavy atom. The molecule has 20 heavy (non-hydrogen) atoms. The minimum atomic E-state index is -0.318. The molecule has 0 fully saturated rings. The molecule has 1 heterocycles. The molecular formula is C15H17N3O2. The average molecular weight is 271 g/mol. The standard InChI is InChI=1S/C15H17N3O2/c1-9(2)11-7-12(10(3)6-14(11)19)18-15(20)13-8-16-4-5-17-13/h4-9,19H,1-3H3,(H,18,20). The molecule has 0 aliphatic heterocycles. The first-order chi connectivity index (χ1) is 9.49. The molecule has 0 bridgehead atoms. The lowest BCUT2D eigenvalue weighted by molar-refractivity contribution is 0.102. The van der Waals surface area contributed by atoms with E-state index >= 15 is 0 Å². The molecule has 1 aromatic carbocycles. The molecule has 5 nitrogen and oxygen atoms in total. The highest BCUT2D eigenvalue weighted by Gasteiger charge is 2.13. The number of amides is 1. The summed E-state index contributed by atoms with van der Waals surface area (Å²) in [5.74, 6) is 0.0966. The number of nitrogens with one attached hydrogen (secondary N) is 1. The molecule has 0 spiro atoms. The predicted octanol–water partition coefficient (Wildman–Crippen LogP) is 2.87. The third-order valence-electron chi connectivity index (χ3n) is 3.04. The summed E-state index contributed by atoms with van der Waals surface area (Å²) in [6.45, 7) is 5.80. The van der Waals surface area contributed by atoms with Crippen LogP contribution in [-0.4, -0.2) is 21.0 Å². The van der Waals surface area contributed by atoms with E-state index in [2.05, 4.69) is 15.3 Å². The van der Waals surface area contributed by atoms with Gasteiger partial charge in [-0.05, 0) is 36.1 Å². The van der Waals surface area contributed by atoms with E-state index in [4.69, 9.17) is 0 Å². The van der Waals surface area contributed by atoms with Gasteiger partial charge in [0.25, 0.3) is 5.91 Å². The Kier molecular flexibility index (Phi) is 3.98. The molecule has 1 amide bonds. The third kappa shape index (κ3) is 2.93. The van der Waals surface area contributed by atoms with Gasteiger partial charge in [-0.15, -0.1) is 0 Å². The molecule has 0 saturated carbocycles. The Balaban J connectivity index is 2.30. The van der Waals surface area contributed by atoms with Crippen LogP contribution in [0.5, 0.6) is 5.75 Å². The van der Waals surface area contributed by atoms with Gasteiger partial charge in [-0.1, -0.05) is 13.8 Å². The second kappa shape index (κ2) is 5.69. The van der Waals surface area contributed by atoms with Crippen molar-refractivity contribution in [2.24, 2.45) is 0 Å². The molecule has 0 unspecified atom stereocenters. The van der Waals surface area contributed by atoms with Crippen LogP contribution in [0, 0.1) is 6.92 Å². The highest BCUT2D eigenvalue weighted by atomic mass is 16.3. The Morgan fingerprint density at radius 1 is 1.30 bits per heavy atom. The number of benzene rings is 1. The Bertz CT molecular complexity index is 625. The van der Waals surface area contributed by atoms with Gasteiger partial charge < -0.3 is 10.4 Å². The first-order valence-corrected chi connectivity index (χ1v) is 6.40. The number of hydrogen-bond acceptors (Lipinski definition) is 4. The van der Waals surface area contributed by atoms with Crippen molar-refractivity contribution < 1.29 is 9.90 Å². The first kappa shape index (κ1) is 14.0. The van der Waals surface area contributed by atoms with E-state index in [0.717, 1.165) is 11.1 Å². The fraction of sp³-hybridized carbons (Fsp3) is 0.267. The number of phenols is 1. The predicted molar refractivity (Wildman–Crippen MR) is 76.9 cm³/mol. The Labute approximate surface area is 117 Å². The molecule has 0 atom stereocenters. The van der Waals surface area contributed by atoms with Gasteiger partial charge in [0.15, 0.2) is 0 Å². The highest BCUT2D eigenvalue weighted by molar-refractivity contribution is 6.03. The lowest BCUT2D eigenvalue weighted by atomic mass is 9.99. The highest BCUT2D eigenvalue weighted by Crippen LogP contribution is 2.31. The molecule has 104 valence electrons. The average Bonchev–Trinajstić information content (AvgIpc) is 2.42. The molecule has 0 aliphatic rings. The molecule has 2 rings (SSSR count). The van der Waals surface area contributed by atoms with Crippen molar-refractivity contribution in [1.29, 1.82) is 0 Å². The van der Waals surface area contributed by atoms with Crippen LogP contribution in [0.1, 0.15) is 41.4 Å². The zero-order valence-corrected chi connectivity index (χ0v) is 11.7. The monoisotopic (exact) mass is 271 g/mol. The van der Waals surface area contributed by atoms with Gasteiger partial charge in [-0.3, -0.25) is 9.78 Å². The zero-order chi connectivity index (χ0) is 14.7. The summed E-state index contributed by atoms with van der Waals surface area (Å²) in [7, 11) is 0. The van der Waals surface area contributed by atoms with E-state index in [1.54, 1.807) is 12.1 Å². The third-order valence-corrected chi connectivity index (χ3v) is 3.04. The van der Waals surface area contributed by atoms with Gasteiger partial charge in [0.1, 0.15) is 11.4 Å². The van der Waals surface area contributed by atoms with Gasteiger partial charge in [-0.25, -0.2) is 4.98 Å². The number of aromatic hydroxyl groups is 1. The normalized spacial score (nSPS) is 10.6. The summed E-state index contributed by atoms with van der Waals surface area (Å²) in [6, 6.07) is 3.45. The second-order valence-electron chi connectivity index (χ2n) is 4.93. The number of anilines is 1. The minimum absolute atomic E-state index is 0.169. The van der Waals surface area contributed by atoms with E-state index in [1.807, 2.05) is 20.8 Å². The Hall–Kier alpha value is -2.43. The second-order valence-corrected chi connectivity index (χ2v) is 4.93. The van der Waals surface area contributed by atoms with Gasteiger partial charge in [0.05, 0.1) is 6.20 Å². The van der Waals surface area contributed by atoms with E-state index in [-0.39, 0.29) is 23.3 Å². The molecule has 2 N–H and O–H groups in total. The zero-order valence-electron chi connectivity index (χ0n) is 11.7. The van der Waals surface area contributed by atoms with E-state index in [1.165, 1.54) is 18.6 Å². The fourth-order valence-corrected chi connectivity index (χ4v) is 1.91. The molecule has 0 saturated heterocycles. The van der Waals surface area contributed by atoms with E-state index in [0.29, 0.717) is 5.69 Å². The lowest BCUT2D eigenvalue weighted by Crippen LogP contribution is -2.14. The number of nitrogens with zero attached hydrogens (tertiary/aromatic N) is 2. The van der Waals surface area contributed by atoms with Crippen LogP contribution >= 0.6 is 0 Å². The summed E-state index contributed by atoms with van der Waals surface area (Å²) in [5.41, 5.74) is 2.52. The van der Waals surface area contributed by atoms with Crippen LogP contribution in [0.2, 0.25) is 0 Å². The van der Waals surface area contributed by atoms with E-state index in [9.17, 15) is 9.90 Å². The first-order valence-electron chi connectivity index (χ1n) is 6.40. The summed E-state index contributed by atoms with van der Waals surface area (Å²) in [6.07, 6.45) is 4.39. The fourth-order valence-electron chi connectivity index (χ4n) is 1.91. The summed E-state index contributed by atoms with van der Waals surface area (Å²) in [5, 5.41) is 12.7. The quantitative estimate of drug-likeness (QED) is 0.842. The van der Waals surface area contributed by atoms with Crippen molar-refractivity contribution in [3.63, 3.8) is 0 Å². The number of carbonyl (C=O) groups excluding carboxylic acids is 1. The SMILES string of the molecule is Cc1cc(O)c(C(C)C)cc1NC(=O)c1cnccn1. The maximum atomic E-state index is 12.1. The molecule has 1 aromatic heterocycles. The number of phenolic OH excluding ortho intramolecular Hbond substituents is 1. The van der Waals surface area contributed by atoms with Crippen LogP contribution in [0.15, 0.2) is 30.7 Å². The summed E-state index contributed by atoms with van der Waals surface area (Å²) < 4.78 is 0. The number of hydrogen-bond donors (Lipinski definition) is 2. The van der Waals surface area contributed by atoms with Gasteiger partial charge >= 0.3 is 0 Å². The Morgan fingerprint density at radius 3 is 2.65 bits per heavy atom. The lowest BCUT2D eigenvalue weighted by Gasteiger charge is -2.14. The molecular weight excluding hydrogens is 254 g/mol. The molecule has 2 aromatic rings. The topological polar surface area (TPSA) is 75.1 Å². The van der Waals surface area contributed by atoms with Gasteiger partial charge in [-0.2, -0.15) is 0 Å². The number of carbonyl (C=O) groups is 1. The van der Waals surface area contributed by atoms with Crippen LogP contribution in [0.25, 0.3) is 0 Å². The van der Waals surface area contributed by atoms with Crippen molar-refractivity contribution in [3.8, 4) is 5.75 Å². The van der Waals surface area contributed by atoms with Gasteiger partial charge in [0.2, 0.25) is 0 Å². The van der Waals surface area contributed by atoms with Crippen molar-refractivity contribution in [1.82, 2.24) is 9.97 Å². The maximum absolute atomic E-state index is 12.1. The molecule has 0 aliphatic carbocycles. The van der Waals surface area contributed by atoms with Crippen molar-refractivity contribution in [2.45, 2.75) is 26.7 Å². The van der Waals surface area contributed by atoms with Crippen LogP contribution in [0.3, 0.4) is 0 Å². The number of aryl methyl sites for hydroxylation is 1. The minimum Gasteiger partial charge on any atom is -0.508 e. The summed E-state index contributed by atoms with van der Waals surface area (Å²) in [4.78, 5) is 19.9. The van der Waals surface area contributed by atoms with Crippen molar-refractivity contribution in [3.05, 3.63) is 47.5 Å². The van der Waals surface area contributed by atoms with E-state index < -0.39 is 0 Å². The number of aromatic nitrogens is 2. The van der Waals surface area contributed by atoms with Crippen molar-refractivity contribution in [2.75, 3.05) is 5.32 Å². The van der Waals surface area contributed by atoms with Crippen molar-refractivity contribution >= 4 is 11.6 Å². The summed E-state index contributed by atoms with van der Waals surface area (Å²) >= 11 is 0. The maximum Gasteiger partial charge on any atom is 0.275 e. The smallest absolute Gasteiger partial charge is 0.275 e. The van der Waals surface area contributed by atoms with Crippen LogP contribution < -0.4 is 5.32 Å². The largest absolute Gasteiger partial charge is 0.508 e. The molecule has 0 radical (unpaired) electrons. The van der Waals surface area contributed by atoms with Crippen LogP contribution in [0.4, 0.5) is 5.69 Å². The van der Waals surface area contributed by atoms with Gasteiger partial charge in [0, 0.05) is 18.1 Å². The van der Waals surface area contributed by atoms with Crippen LogP contribution in [-0.2, 0) is 0 Å². The molecule has 5 heteroatoms.